The first-order valence-corrected chi connectivity index (χ1v) is 8.76. The summed E-state index contributed by atoms with van der Waals surface area (Å²) in [6, 6.07) is 12.3. The van der Waals surface area contributed by atoms with Crippen LogP contribution in [-0.2, 0) is 11.3 Å². The summed E-state index contributed by atoms with van der Waals surface area (Å²) in [5.74, 6) is 0.814. The fourth-order valence-electron chi connectivity index (χ4n) is 2.71. The van der Waals surface area contributed by atoms with Gasteiger partial charge in [-0.15, -0.1) is 0 Å². The summed E-state index contributed by atoms with van der Waals surface area (Å²) in [4.78, 5) is 24.8. The fourth-order valence-corrected chi connectivity index (χ4v) is 2.71. The number of aromatic nitrogens is 2. The van der Waals surface area contributed by atoms with Crippen molar-refractivity contribution in [2.75, 3.05) is 18.5 Å². The van der Waals surface area contributed by atoms with Crippen molar-refractivity contribution in [1.82, 2.24) is 9.78 Å². The van der Waals surface area contributed by atoms with Gasteiger partial charge < -0.3 is 14.8 Å². The summed E-state index contributed by atoms with van der Waals surface area (Å²) in [5.41, 5.74) is 0.255. The first-order chi connectivity index (χ1) is 13.1. The van der Waals surface area contributed by atoms with Gasteiger partial charge in [-0.3, -0.25) is 9.59 Å². The first-order valence-electron chi connectivity index (χ1n) is 8.76. The second kappa shape index (κ2) is 8.35. The summed E-state index contributed by atoms with van der Waals surface area (Å²) in [6.07, 6.45) is 1.58. The van der Waals surface area contributed by atoms with Crippen molar-refractivity contribution in [3.05, 3.63) is 59.0 Å². The fraction of sp³-hybridized carbons (Fsp3) is 0.250. The zero-order chi connectivity index (χ0) is 19.2. The van der Waals surface area contributed by atoms with Crippen LogP contribution in [0.5, 0.6) is 11.5 Å². The third-order valence-electron chi connectivity index (χ3n) is 3.88. The SMILES string of the molecule is CCOc1ccc(NC(=O)Cn2ncc3ccccc3c2=O)cc1OCC. The van der Waals surface area contributed by atoms with Crippen LogP contribution in [0, 0.1) is 0 Å². The van der Waals surface area contributed by atoms with Gasteiger partial charge in [0.25, 0.3) is 5.56 Å². The molecule has 0 radical (unpaired) electrons. The van der Waals surface area contributed by atoms with Gasteiger partial charge in [0.05, 0.1) is 24.8 Å². The molecule has 0 bridgehead atoms. The standard InChI is InChI=1S/C20H21N3O4/c1-3-26-17-10-9-15(11-18(17)27-4-2)22-19(24)13-23-20(25)16-8-6-5-7-14(16)12-21-23/h5-12H,3-4,13H2,1-2H3,(H,22,24). The third-order valence-corrected chi connectivity index (χ3v) is 3.88. The number of anilines is 1. The van der Waals surface area contributed by atoms with Crippen molar-refractivity contribution < 1.29 is 14.3 Å². The topological polar surface area (TPSA) is 82.5 Å². The maximum Gasteiger partial charge on any atom is 0.275 e. The predicted octanol–water partition coefficient (Wildman–Crippen LogP) is 2.83. The molecule has 0 saturated heterocycles. The zero-order valence-corrected chi connectivity index (χ0v) is 15.3. The molecule has 0 spiro atoms. The maximum absolute atomic E-state index is 12.5. The Labute approximate surface area is 156 Å². The van der Waals surface area contributed by atoms with E-state index in [0.717, 1.165) is 10.1 Å². The number of fused-ring (bicyclic) bond motifs is 1. The summed E-state index contributed by atoms with van der Waals surface area (Å²) < 4.78 is 12.2. The average Bonchev–Trinajstić information content (AvgIpc) is 2.67. The van der Waals surface area contributed by atoms with Crippen LogP contribution in [-0.4, -0.2) is 28.9 Å². The lowest BCUT2D eigenvalue weighted by Gasteiger charge is -2.13. The van der Waals surface area contributed by atoms with E-state index in [1.807, 2.05) is 26.0 Å². The van der Waals surface area contributed by atoms with Crippen molar-refractivity contribution in [3.8, 4) is 11.5 Å². The zero-order valence-electron chi connectivity index (χ0n) is 15.3. The van der Waals surface area contributed by atoms with Gasteiger partial charge in [0.1, 0.15) is 6.54 Å². The Morgan fingerprint density at radius 3 is 2.59 bits per heavy atom. The number of nitrogens with one attached hydrogen (secondary N) is 1. The van der Waals surface area contributed by atoms with Crippen molar-refractivity contribution in [2.45, 2.75) is 20.4 Å². The third kappa shape index (κ3) is 4.25. The number of benzene rings is 2. The van der Waals surface area contributed by atoms with E-state index < -0.39 is 0 Å². The first kappa shape index (κ1) is 18.4. The number of ether oxygens (including phenoxy) is 2. The van der Waals surface area contributed by atoms with Crippen molar-refractivity contribution in [2.24, 2.45) is 0 Å². The van der Waals surface area contributed by atoms with Crippen LogP contribution >= 0.6 is 0 Å². The molecule has 1 aromatic heterocycles. The van der Waals surface area contributed by atoms with E-state index >= 15 is 0 Å². The van der Waals surface area contributed by atoms with Crippen molar-refractivity contribution in [3.63, 3.8) is 0 Å². The molecule has 3 rings (SSSR count). The Hall–Kier alpha value is -3.35. The molecule has 0 fully saturated rings. The van der Waals surface area contributed by atoms with Gasteiger partial charge in [-0.05, 0) is 32.0 Å². The van der Waals surface area contributed by atoms with Gasteiger partial charge in [0.15, 0.2) is 11.5 Å². The Bertz CT molecular complexity index is 1010. The normalized spacial score (nSPS) is 10.6. The molecule has 1 amide bonds. The monoisotopic (exact) mass is 367 g/mol. The minimum atomic E-state index is -0.355. The number of hydrogen-bond acceptors (Lipinski definition) is 5. The van der Waals surface area contributed by atoms with Crippen molar-refractivity contribution in [1.29, 1.82) is 0 Å². The minimum absolute atomic E-state index is 0.180. The van der Waals surface area contributed by atoms with E-state index in [2.05, 4.69) is 10.4 Å². The maximum atomic E-state index is 12.5. The molecule has 27 heavy (non-hydrogen) atoms. The molecule has 0 aliphatic carbocycles. The van der Waals surface area contributed by atoms with E-state index in [4.69, 9.17) is 9.47 Å². The largest absolute Gasteiger partial charge is 0.490 e. The van der Waals surface area contributed by atoms with Crippen LogP contribution in [0.1, 0.15) is 13.8 Å². The number of nitrogens with zero attached hydrogens (tertiary/aromatic N) is 2. The smallest absolute Gasteiger partial charge is 0.275 e. The Morgan fingerprint density at radius 1 is 1.07 bits per heavy atom. The van der Waals surface area contributed by atoms with Gasteiger partial charge in [-0.25, -0.2) is 4.68 Å². The van der Waals surface area contributed by atoms with Gasteiger partial charge in [0, 0.05) is 17.1 Å². The molecule has 3 aromatic rings. The second-order valence-corrected chi connectivity index (χ2v) is 5.77. The molecule has 0 saturated carbocycles. The number of carbonyl (C=O) groups excluding carboxylic acids is 1. The lowest BCUT2D eigenvalue weighted by Crippen LogP contribution is -2.29. The number of rotatable bonds is 7. The number of carbonyl (C=O) groups is 1. The van der Waals surface area contributed by atoms with Crippen LogP contribution in [0.4, 0.5) is 5.69 Å². The highest BCUT2D eigenvalue weighted by Crippen LogP contribution is 2.30. The molecule has 7 heteroatoms. The Morgan fingerprint density at radius 2 is 1.81 bits per heavy atom. The number of amides is 1. The van der Waals surface area contributed by atoms with Gasteiger partial charge in [-0.1, -0.05) is 18.2 Å². The van der Waals surface area contributed by atoms with Gasteiger partial charge >= 0.3 is 0 Å². The summed E-state index contributed by atoms with van der Waals surface area (Å²) in [5, 5.41) is 8.10. The van der Waals surface area contributed by atoms with E-state index in [1.54, 1.807) is 36.5 Å². The molecule has 0 atom stereocenters. The van der Waals surface area contributed by atoms with E-state index in [0.29, 0.717) is 35.8 Å². The highest BCUT2D eigenvalue weighted by Gasteiger charge is 2.11. The highest BCUT2D eigenvalue weighted by atomic mass is 16.5. The van der Waals surface area contributed by atoms with E-state index in [-0.39, 0.29) is 18.0 Å². The van der Waals surface area contributed by atoms with E-state index in [1.165, 1.54) is 0 Å². The second-order valence-electron chi connectivity index (χ2n) is 5.77. The minimum Gasteiger partial charge on any atom is -0.490 e. The number of hydrogen-bond donors (Lipinski definition) is 1. The van der Waals surface area contributed by atoms with Crippen LogP contribution in [0.15, 0.2) is 53.5 Å². The average molecular weight is 367 g/mol. The lowest BCUT2D eigenvalue weighted by atomic mass is 10.2. The molecule has 7 nitrogen and oxygen atoms in total. The predicted molar refractivity (Wildman–Crippen MR) is 103 cm³/mol. The molecular weight excluding hydrogens is 346 g/mol. The Balaban J connectivity index is 1.77. The van der Waals surface area contributed by atoms with Crippen LogP contribution < -0.4 is 20.3 Å². The molecule has 1 N–H and O–H groups in total. The van der Waals surface area contributed by atoms with Gasteiger partial charge in [-0.2, -0.15) is 5.10 Å². The summed E-state index contributed by atoms with van der Waals surface area (Å²) in [7, 11) is 0. The summed E-state index contributed by atoms with van der Waals surface area (Å²) in [6.45, 7) is 4.58. The van der Waals surface area contributed by atoms with E-state index in [9.17, 15) is 9.59 Å². The molecule has 0 unspecified atom stereocenters. The molecule has 0 aliphatic heterocycles. The lowest BCUT2D eigenvalue weighted by molar-refractivity contribution is -0.117. The van der Waals surface area contributed by atoms with Crippen LogP contribution in [0.2, 0.25) is 0 Å². The quantitative estimate of drug-likeness (QED) is 0.694. The summed E-state index contributed by atoms with van der Waals surface area (Å²) >= 11 is 0. The molecule has 0 aliphatic rings. The Kier molecular flexibility index (Phi) is 5.71. The molecule has 140 valence electrons. The van der Waals surface area contributed by atoms with Crippen molar-refractivity contribution >= 4 is 22.4 Å². The van der Waals surface area contributed by atoms with Crippen LogP contribution in [0.25, 0.3) is 10.8 Å². The van der Waals surface area contributed by atoms with Gasteiger partial charge in [0.2, 0.25) is 5.91 Å². The molecular formula is C20H21N3O4. The molecule has 2 aromatic carbocycles. The van der Waals surface area contributed by atoms with Crippen LogP contribution in [0.3, 0.4) is 0 Å². The highest BCUT2D eigenvalue weighted by molar-refractivity contribution is 5.91. The molecule has 1 heterocycles.